The predicted molar refractivity (Wildman–Crippen MR) is 115 cm³/mol. The Kier molecular flexibility index (Phi) is 5.38. The Morgan fingerprint density at radius 2 is 2.03 bits per heavy atom. The minimum absolute atomic E-state index is 0.0575. The lowest BCUT2D eigenvalue weighted by Crippen LogP contribution is -2.53. The van der Waals surface area contributed by atoms with E-state index in [1.54, 1.807) is 18.5 Å². The number of carbonyl (C=O) groups is 1. The van der Waals surface area contributed by atoms with Crippen LogP contribution in [0.25, 0.3) is 11.0 Å². The zero-order valence-electron chi connectivity index (χ0n) is 16.9. The summed E-state index contributed by atoms with van der Waals surface area (Å²) in [5, 5.41) is 12.9. The molecule has 30 heavy (non-hydrogen) atoms. The van der Waals surface area contributed by atoms with Crippen LogP contribution in [0.2, 0.25) is 0 Å². The maximum atomic E-state index is 12.6. The van der Waals surface area contributed by atoms with E-state index >= 15 is 0 Å². The van der Waals surface area contributed by atoms with Crippen LogP contribution >= 0.6 is 0 Å². The molecule has 1 fully saturated rings. The van der Waals surface area contributed by atoms with Gasteiger partial charge >= 0.3 is 0 Å². The van der Waals surface area contributed by atoms with Crippen molar-refractivity contribution < 1.29 is 4.79 Å². The number of H-pyrrole nitrogens is 1. The van der Waals surface area contributed by atoms with E-state index in [1.165, 1.54) is 0 Å². The minimum atomic E-state index is -0.532. The van der Waals surface area contributed by atoms with Gasteiger partial charge in [0.1, 0.15) is 17.8 Å². The molecule has 3 aromatic rings. The fraction of sp³-hybridized carbons (Fsp3) is 0.364. The van der Waals surface area contributed by atoms with Gasteiger partial charge in [0.15, 0.2) is 0 Å². The van der Waals surface area contributed by atoms with Crippen molar-refractivity contribution in [2.75, 3.05) is 18.0 Å². The molecule has 1 aliphatic rings. The number of nitrogens with two attached hydrogens (primary N) is 1. The van der Waals surface area contributed by atoms with Crippen LogP contribution < -0.4 is 16.0 Å². The third kappa shape index (κ3) is 4.11. The van der Waals surface area contributed by atoms with Crippen molar-refractivity contribution >= 4 is 22.8 Å². The van der Waals surface area contributed by atoms with Crippen LogP contribution in [0.3, 0.4) is 0 Å². The van der Waals surface area contributed by atoms with Gasteiger partial charge in [0.2, 0.25) is 5.91 Å². The van der Waals surface area contributed by atoms with E-state index in [-0.39, 0.29) is 18.4 Å². The van der Waals surface area contributed by atoms with E-state index in [0.717, 1.165) is 35.5 Å². The summed E-state index contributed by atoms with van der Waals surface area (Å²) in [6.07, 6.45) is 5.13. The SMILES string of the molecule is C[C@H](NC(=O)CC1(N)CCN(c2ncnc3[nH]ccc23)CC1)c1ccc(C#N)cc1. The third-order valence-electron chi connectivity index (χ3n) is 5.82. The molecule has 0 aliphatic carbocycles. The van der Waals surface area contributed by atoms with E-state index in [0.29, 0.717) is 18.4 Å². The molecule has 0 radical (unpaired) electrons. The molecule has 0 unspecified atom stereocenters. The molecule has 8 heteroatoms. The van der Waals surface area contributed by atoms with Crippen LogP contribution in [0.1, 0.15) is 43.4 Å². The van der Waals surface area contributed by atoms with Gasteiger partial charge in [-0.05, 0) is 43.5 Å². The molecular formula is C22H25N7O. The molecule has 1 aromatic carbocycles. The first-order chi connectivity index (χ1) is 14.5. The number of benzene rings is 1. The topological polar surface area (TPSA) is 124 Å². The van der Waals surface area contributed by atoms with Gasteiger partial charge in [-0.3, -0.25) is 4.79 Å². The largest absolute Gasteiger partial charge is 0.356 e. The number of fused-ring (bicyclic) bond motifs is 1. The molecular weight excluding hydrogens is 378 g/mol. The quantitative estimate of drug-likeness (QED) is 0.601. The summed E-state index contributed by atoms with van der Waals surface area (Å²) in [5.74, 6) is 0.847. The smallest absolute Gasteiger partial charge is 0.222 e. The summed E-state index contributed by atoms with van der Waals surface area (Å²) < 4.78 is 0. The Bertz CT molecular complexity index is 1070. The van der Waals surface area contributed by atoms with E-state index < -0.39 is 5.54 Å². The monoisotopic (exact) mass is 403 g/mol. The zero-order chi connectivity index (χ0) is 21.1. The molecule has 0 bridgehead atoms. The lowest BCUT2D eigenvalue weighted by Gasteiger charge is -2.39. The molecule has 8 nitrogen and oxygen atoms in total. The van der Waals surface area contributed by atoms with Gasteiger partial charge in [-0.2, -0.15) is 5.26 Å². The number of aromatic amines is 1. The Morgan fingerprint density at radius 3 is 2.73 bits per heavy atom. The van der Waals surface area contributed by atoms with Gasteiger partial charge < -0.3 is 20.9 Å². The van der Waals surface area contributed by atoms with Crippen molar-refractivity contribution in [2.24, 2.45) is 5.73 Å². The normalized spacial score (nSPS) is 16.8. The average molecular weight is 403 g/mol. The minimum Gasteiger partial charge on any atom is -0.356 e. The van der Waals surface area contributed by atoms with Gasteiger partial charge in [-0.1, -0.05) is 12.1 Å². The number of rotatable bonds is 5. The highest BCUT2D eigenvalue weighted by molar-refractivity contribution is 5.87. The molecule has 3 heterocycles. The zero-order valence-corrected chi connectivity index (χ0v) is 16.9. The van der Waals surface area contributed by atoms with Crippen LogP contribution in [-0.2, 0) is 4.79 Å². The Balaban J connectivity index is 1.34. The maximum Gasteiger partial charge on any atom is 0.222 e. The number of carbonyl (C=O) groups excluding carboxylic acids is 1. The molecule has 2 aromatic heterocycles. The van der Waals surface area contributed by atoms with E-state index in [1.807, 2.05) is 31.3 Å². The number of nitrogens with one attached hydrogen (secondary N) is 2. The Labute approximate surface area is 175 Å². The Hall–Kier alpha value is -3.44. The van der Waals surface area contributed by atoms with Crippen LogP contribution in [0.15, 0.2) is 42.9 Å². The van der Waals surface area contributed by atoms with E-state index in [4.69, 9.17) is 11.0 Å². The summed E-state index contributed by atoms with van der Waals surface area (Å²) in [4.78, 5) is 26.6. The fourth-order valence-corrected chi connectivity index (χ4v) is 3.99. The van der Waals surface area contributed by atoms with Crippen molar-refractivity contribution in [2.45, 2.75) is 37.8 Å². The Morgan fingerprint density at radius 1 is 1.30 bits per heavy atom. The molecule has 1 aliphatic heterocycles. The molecule has 1 amide bonds. The molecule has 1 atom stereocenters. The molecule has 1 saturated heterocycles. The van der Waals surface area contributed by atoms with Gasteiger partial charge in [0.25, 0.3) is 0 Å². The number of hydrogen-bond donors (Lipinski definition) is 3. The van der Waals surface area contributed by atoms with Crippen LogP contribution in [-0.4, -0.2) is 39.5 Å². The standard InChI is InChI=1S/C22H25N7O/c1-15(17-4-2-16(13-23)3-5-17)28-19(30)12-22(24)7-10-29(11-8-22)21-18-6-9-25-20(18)26-14-27-21/h2-6,9,14-15H,7-8,10-12,24H2,1H3,(H,28,30)(H,25,26,27)/t15-/m0/s1. The van der Waals surface area contributed by atoms with E-state index in [9.17, 15) is 4.79 Å². The van der Waals surface area contributed by atoms with Gasteiger partial charge in [0, 0.05) is 31.2 Å². The summed E-state index contributed by atoms with van der Waals surface area (Å²) in [5.41, 5.74) is 8.43. The summed E-state index contributed by atoms with van der Waals surface area (Å²) in [6, 6.07) is 11.2. The highest BCUT2D eigenvalue weighted by Crippen LogP contribution is 2.29. The number of anilines is 1. The first-order valence-corrected chi connectivity index (χ1v) is 10.1. The van der Waals surface area contributed by atoms with Crippen LogP contribution in [0.4, 0.5) is 5.82 Å². The second-order valence-electron chi connectivity index (χ2n) is 7.99. The maximum absolute atomic E-state index is 12.6. The molecule has 4 N–H and O–H groups in total. The van der Waals surface area contributed by atoms with Crippen LogP contribution in [0, 0.1) is 11.3 Å². The van der Waals surface area contributed by atoms with Gasteiger partial charge in [0.05, 0.1) is 23.1 Å². The lowest BCUT2D eigenvalue weighted by atomic mass is 9.85. The van der Waals surface area contributed by atoms with Crippen molar-refractivity contribution in [3.05, 3.63) is 54.0 Å². The highest BCUT2D eigenvalue weighted by Gasteiger charge is 2.34. The number of nitriles is 1. The number of nitrogens with zero attached hydrogens (tertiary/aromatic N) is 4. The highest BCUT2D eigenvalue weighted by atomic mass is 16.1. The van der Waals surface area contributed by atoms with Crippen molar-refractivity contribution in [1.29, 1.82) is 5.26 Å². The molecule has 0 spiro atoms. The summed E-state index contributed by atoms with van der Waals surface area (Å²) in [6.45, 7) is 3.42. The summed E-state index contributed by atoms with van der Waals surface area (Å²) in [7, 11) is 0. The van der Waals surface area contributed by atoms with Gasteiger partial charge in [-0.15, -0.1) is 0 Å². The lowest BCUT2D eigenvalue weighted by molar-refractivity contribution is -0.123. The average Bonchev–Trinajstić information content (AvgIpc) is 3.23. The fourth-order valence-electron chi connectivity index (χ4n) is 3.99. The molecule has 4 rings (SSSR count). The van der Waals surface area contributed by atoms with Gasteiger partial charge in [-0.25, -0.2) is 9.97 Å². The first kappa shape index (κ1) is 19.9. The van der Waals surface area contributed by atoms with E-state index in [2.05, 4.69) is 31.2 Å². The van der Waals surface area contributed by atoms with Crippen molar-refractivity contribution in [3.8, 4) is 6.07 Å². The second kappa shape index (κ2) is 8.13. The third-order valence-corrected chi connectivity index (χ3v) is 5.82. The van der Waals surface area contributed by atoms with Crippen molar-refractivity contribution in [3.63, 3.8) is 0 Å². The van der Waals surface area contributed by atoms with Crippen molar-refractivity contribution in [1.82, 2.24) is 20.3 Å². The summed E-state index contributed by atoms with van der Waals surface area (Å²) >= 11 is 0. The molecule has 0 saturated carbocycles. The van der Waals surface area contributed by atoms with Crippen LogP contribution in [0.5, 0.6) is 0 Å². The number of amides is 1. The second-order valence-corrected chi connectivity index (χ2v) is 7.99. The first-order valence-electron chi connectivity index (χ1n) is 10.1. The number of aromatic nitrogens is 3. The number of piperidine rings is 1. The predicted octanol–water partition coefficient (Wildman–Crippen LogP) is 2.39. The molecule has 154 valence electrons. The number of hydrogen-bond acceptors (Lipinski definition) is 6.